The lowest BCUT2D eigenvalue weighted by Gasteiger charge is -2.31. The summed E-state index contributed by atoms with van der Waals surface area (Å²) in [6.07, 6.45) is -1.11. The molecule has 0 bridgehead atoms. The highest BCUT2D eigenvalue weighted by Crippen LogP contribution is 2.21. The van der Waals surface area contributed by atoms with Crippen LogP contribution in [0.5, 0.6) is 0 Å². The zero-order valence-electron chi connectivity index (χ0n) is 11.4. The van der Waals surface area contributed by atoms with Crippen molar-refractivity contribution in [1.29, 1.82) is 0 Å². The lowest BCUT2D eigenvalue weighted by atomic mass is 9.85. The van der Waals surface area contributed by atoms with Crippen molar-refractivity contribution >= 4 is 6.09 Å². The van der Waals surface area contributed by atoms with Crippen LogP contribution in [0.4, 0.5) is 4.79 Å². The molecule has 0 aliphatic heterocycles. The summed E-state index contributed by atoms with van der Waals surface area (Å²) in [6, 6.07) is -0.338. The van der Waals surface area contributed by atoms with Crippen molar-refractivity contribution in [3.05, 3.63) is 0 Å². The maximum Gasteiger partial charge on any atom is 0.407 e. The summed E-state index contributed by atoms with van der Waals surface area (Å²) in [5.41, 5.74) is -0.787. The Kier molecular flexibility index (Phi) is 4.80. The van der Waals surface area contributed by atoms with Crippen LogP contribution in [0.1, 0.15) is 48.5 Å². The van der Waals surface area contributed by atoms with E-state index in [-0.39, 0.29) is 11.5 Å². The average molecular weight is 231 g/mol. The van der Waals surface area contributed by atoms with Crippen LogP contribution in [0.25, 0.3) is 0 Å². The van der Waals surface area contributed by atoms with Crippen molar-refractivity contribution < 1.29 is 14.6 Å². The second kappa shape index (κ2) is 5.04. The van der Waals surface area contributed by atoms with Gasteiger partial charge in [0.1, 0.15) is 5.60 Å². The van der Waals surface area contributed by atoms with Crippen molar-refractivity contribution in [3.8, 4) is 0 Å². The highest BCUT2D eigenvalue weighted by Gasteiger charge is 2.29. The predicted molar refractivity (Wildman–Crippen MR) is 64.3 cm³/mol. The van der Waals surface area contributed by atoms with Gasteiger partial charge in [-0.2, -0.15) is 0 Å². The smallest absolute Gasteiger partial charge is 0.407 e. The number of hydrogen-bond donors (Lipinski definition) is 2. The number of hydrogen-bond acceptors (Lipinski definition) is 3. The van der Waals surface area contributed by atoms with E-state index in [1.807, 2.05) is 20.8 Å². The molecule has 0 saturated heterocycles. The molecule has 0 saturated carbocycles. The van der Waals surface area contributed by atoms with Crippen molar-refractivity contribution in [2.24, 2.45) is 5.41 Å². The van der Waals surface area contributed by atoms with E-state index in [4.69, 9.17) is 4.74 Å². The topological polar surface area (TPSA) is 58.6 Å². The van der Waals surface area contributed by atoms with Crippen LogP contribution in [-0.4, -0.2) is 28.9 Å². The summed E-state index contributed by atoms with van der Waals surface area (Å²) in [4.78, 5) is 11.5. The minimum atomic E-state index is -0.611. The summed E-state index contributed by atoms with van der Waals surface area (Å²) in [6.45, 7) is 12.9. The van der Waals surface area contributed by atoms with E-state index in [1.54, 1.807) is 27.7 Å². The maximum atomic E-state index is 11.5. The second-order valence-electron chi connectivity index (χ2n) is 6.25. The molecule has 0 rings (SSSR count). The summed E-state index contributed by atoms with van der Waals surface area (Å²) in [5, 5.41) is 12.6. The molecule has 0 aliphatic carbocycles. The fourth-order valence-corrected chi connectivity index (χ4v) is 1.32. The summed E-state index contributed by atoms with van der Waals surface area (Å²) >= 11 is 0. The number of carbonyl (C=O) groups excluding carboxylic acids is 1. The first-order valence-electron chi connectivity index (χ1n) is 5.61. The molecule has 0 heterocycles. The van der Waals surface area contributed by atoms with Gasteiger partial charge in [-0.05, 0) is 33.1 Å². The molecule has 0 radical (unpaired) electrons. The van der Waals surface area contributed by atoms with Crippen LogP contribution < -0.4 is 5.32 Å². The van der Waals surface area contributed by atoms with E-state index in [9.17, 15) is 9.90 Å². The van der Waals surface area contributed by atoms with Gasteiger partial charge in [0.2, 0.25) is 0 Å². The van der Waals surface area contributed by atoms with Crippen LogP contribution in [0.15, 0.2) is 0 Å². The Labute approximate surface area is 98.4 Å². The Morgan fingerprint density at radius 3 is 1.94 bits per heavy atom. The molecule has 2 atom stereocenters. The molecule has 0 fully saturated rings. The quantitative estimate of drug-likeness (QED) is 0.766. The van der Waals surface area contributed by atoms with Gasteiger partial charge in [-0.15, -0.1) is 0 Å². The average Bonchev–Trinajstić information content (AvgIpc) is 1.96. The van der Waals surface area contributed by atoms with Gasteiger partial charge in [0.25, 0.3) is 0 Å². The monoisotopic (exact) mass is 231 g/mol. The van der Waals surface area contributed by atoms with E-state index in [2.05, 4.69) is 5.32 Å². The Morgan fingerprint density at radius 2 is 1.62 bits per heavy atom. The Balaban J connectivity index is 4.26. The van der Waals surface area contributed by atoms with E-state index >= 15 is 0 Å². The second-order valence-corrected chi connectivity index (χ2v) is 6.25. The van der Waals surface area contributed by atoms with Crippen molar-refractivity contribution in [3.63, 3.8) is 0 Å². The summed E-state index contributed by atoms with van der Waals surface area (Å²) < 4.78 is 5.11. The number of ether oxygens (including phenoxy) is 1. The molecule has 0 aromatic heterocycles. The lowest BCUT2D eigenvalue weighted by molar-refractivity contribution is 0.0182. The number of alkyl carbamates (subject to hydrolysis) is 1. The summed E-state index contributed by atoms with van der Waals surface area (Å²) in [7, 11) is 0. The fourth-order valence-electron chi connectivity index (χ4n) is 1.32. The lowest BCUT2D eigenvalue weighted by Crippen LogP contribution is -2.48. The molecule has 4 nitrogen and oxygen atoms in total. The molecular weight excluding hydrogens is 206 g/mol. The zero-order valence-corrected chi connectivity index (χ0v) is 11.4. The minimum Gasteiger partial charge on any atom is -0.444 e. The van der Waals surface area contributed by atoms with Crippen LogP contribution in [0.2, 0.25) is 0 Å². The maximum absolute atomic E-state index is 11.5. The van der Waals surface area contributed by atoms with Gasteiger partial charge in [0.05, 0.1) is 12.1 Å². The molecule has 0 unspecified atom stereocenters. The fraction of sp³-hybridized carbons (Fsp3) is 0.917. The largest absolute Gasteiger partial charge is 0.444 e. The Morgan fingerprint density at radius 1 is 1.19 bits per heavy atom. The number of amides is 1. The van der Waals surface area contributed by atoms with E-state index in [1.165, 1.54) is 0 Å². The van der Waals surface area contributed by atoms with Gasteiger partial charge >= 0.3 is 6.09 Å². The van der Waals surface area contributed by atoms with Gasteiger partial charge in [-0.1, -0.05) is 20.8 Å². The SMILES string of the molecule is C[C@H](NC(=O)OC(C)(C)C)[C@@H](O)C(C)(C)C. The Bertz CT molecular complexity index is 238. The zero-order chi connectivity index (χ0) is 13.1. The van der Waals surface area contributed by atoms with Gasteiger partial charge in [-0.25, -0.2) is 4.79 Å². The van der Waals surface area contributed by atoms with Crippen LogP contribution in [0, 0.1) is 5.41 Å². The number of rotatable bonds is 2. The number of aliphatic hydroxyl groups is 1. The first-order chi connectivity index (χ1) is 6.93. The van der Waals surface area contributed by atoms with Gasteiger partial charge in [-0.3, -0.25) is 0 Å². The minimum absolute atomic E-state index is 0.269. The molecule has 96 valence electrons. The molecule has 16 heavy (non-hydrogen) atoms. The normalized spacial score (nSPS) is 16.5. The van der Waals surface area contributed by atoms with E-state index in [0.717, 1.165) is 0 Å². The van der Waals surface area contributed by atoms with Crippen LogP contribution in [-0.2, 0) is 4.74 Å². The van der Waals surface area contributed by atoms with Gasteiger partial charge < -0.3 is 15.2 Å². The van der Waals surface area contributed by atoms with Gasteiger partial charge in [0, 0.05) is 0 Å². The van der Waals surface area contributed by atoms with Crippen molar-refractivity contribution in [1.82, 2.24) is 5.32 Å². The van der Waals surface area contributed by atoms with E-state index < -0.39 is 17.8 Å². The molecule has 4 heteroatoms. The Hall–Kier alpha value is -0.770. The molecule has 0 aromatic carbocycles. The number of carbonyl (C=O) groups is 1. The van der Waals surface area contributed by atoms with Crippen LogP contribution >= 0.6 is 0 Å². The van der Waals surface area contributed by atoms with E-state index in [0.29, 0.717) is 0 Å². The third-order valence-corrected chi connectivity index (χ3v) is 2.11. The molecule has 0 aliphatic rings. The highest BCUT2D eigenvalue weighted by atomic mass is 16.6. The van der Waals surface area contributed by atoms with Crippen molar-refractivity contribution in [2.45, 2.75) is 66.2 Å². The highest BCUT2D eigenvalue weighted by molar-refractivity contribution is 5.68. The standard InChI is InChI=1S/C12H25NO3/c1-8(9(14)11(2,3)4)13-10(15)16-12(5,6)7/h8-9,14H,1-7H3,(H,13,15)/t8-,9+/m0/s1. The third kappa shape index (κ3) is 5.95. The molecular formula is C12H25NO3. The third-order valence-electron chi connectivity index (χ3n) is 2.11. The first kappa shape index (κ1) is 15.2. The molecule has 0 spiro atoms. The summed E-state index contributed by atoms with van der Waals surface area (Å²) in [5.74, 6) is 0. The molecule has 0 aromatic rings. The predicted octanol–water partition coefficient (Wildman–Crippen LogP) is 2.31. The number of aliphatic hydroxyl groups excluding tert-OH is 1. The van der Waals surface area contributed by atoms with Gasteiger partial charge in [0.15, 0.2) is 0 Å². The first-order valence-corrected chi connectivity index (χ1v) is 5.61. The molecule has 2 N–H and O–H groups in total. The van der Waals surface area contributed by atoms with Crippen molar-refractivity contribution in [2.75, 3.05) is 0 Å². The molecule has 1 amide bonds. The number of nitrogens with one attached hydrogen (secondary N) is 1. The van der Waals surface area contributed by atoms with Crippen LogP contribution in [0.3, 0.4) is 0 Å².